The molecule has 4 aromatic rings. The summed E-state index contributed by atoms with van der Waals surface area (Å²) in [5.74, 6) is 2.70. The van der Waals surface area contributed by atoms with Gasteiger partial charge in [0, 0.05) is 50.8 Å². The van der Waals surface area contributed by atoms with Crippen molar-refractivity contribution in [1.82, 2.24) is 19.4 Å². The first-order valence-electron chi connectivity index (χ1n) is 14.9. The number of hydrogen-bond acceptors (Lipinski definition) is 8. The van der Waals surface area contributed by atoms with Gasteiger partial charge in [-0.2, -0.15) is 0 Å². The number of hydrogen-bond donors (Lipinski definition) is 0. The fourth-order valence-corrected chi connectivity index (χ4v) is 5.40. The average Bonchev–Trinajstić information content (AvgIpc) is 3.71. The minimum absolute atomic E-state index is 0.0436. The van der Waals surface area contributed by atoms with E-state index in [1.165, 1.54) is 13.4 Å². The highest BCUT2D eigenvalue weighted by Crippen LogP contribution is 2.29. The number of ether oxygens (including phenoxy) is 3. The Morgan fingerprint density at radius 2 is 1.67 bits per heavy atom. The number of methoxy groups -OCH3 is 2. The van der Waals surface area contributed by atoms with E-state index >= 15 is 0 Å². The third kappa shape index (κ3) is 7.75. The number of furan rings is 1. The van der Waals surface area contributed by atoms with E-state index in [2.05, 4.69) is 15.5 Å². The molecule has 43 heavy (non-hydrogen) atoms. The lowest BCUT2D eigenvalue weighted by atomic mass is 10.2. The number of amides is 1. The van der Waals surface area contributed by atoms with Crippen LogP contribution in [0, 0.1) is 0 Å². The van der Waals surface area contributed by atoms with E-state index in [1.54, 1.807) is 19.2 Å². The van der Waals surface area contributed by atoms with Crippen LogP contribution >= 0.6 is 0 Å². The van der Waals surface area contributed by atoms with Crippen LogP contribution in [0.3, 0.4) is 0 Å². The number of unbranched alkanes of at least 4 members (excludes halogenated alkanes) is 2. The summed E-state index contributed by atoms with van der Waals surface area (Å²) in [5, 5.41) is 0. The minimum atomic E-state index is -0.172. The van der Waals surface area contributed by atoms with Crippen molar-refractivity contribution in [2.24, 2.45) is 0 Å². The van der Waals surface area contributed by atoms with Crippen LogP contribution in [0.25, 0.3) is 22.4 Å². The molecule has 1 amide bonds. The molecule has 0 spiro atoms. The Morgan fingerprint density at radius 3 is 2.40 bits per heavy atom. The van der Waals surface area contributed by atoms with E-state index < -0.39 is 0 Å². The normalized spacial score (nSPS) is 13.8. The van der Waals surface area contributed by atoms with Gasteiger partial charge in [0.1, 0.15) is 17.3 Å². The van der Waals surface area contributed by atoms with Gasteiger partial charge in [0.15, 0.2) is 5.76 Å². The van der Waals surface area contributed by atoms with E-state index in [0.29, 0.717) is 31.9 Å². The lowest BCUT2D eigenvalue weighted by molar-refractivity contribution is -0.140. The van der Waals surface area contributed by atoms with Gasteiger partial charge in [0.25, 0.3) is 5.91 Å². The molecule has 1 aliphatic rings. The van der Waals surface area contributed by atoms with Crippen molar-refractivity contribution in [3.8, 4) is 22.9 Å². The molecule has 1 saturated heterocycles. The number of piperazine rings is 1. The van der Waals surface area contributed by atoms with E-state index in [4.69, 9.17) is 23.6 Å². The third-order valence-electron chi connectivity index (χ3n) is 7.84. The number of nitrogens with zero attached hydrogens (tertiary/aromatic N) is 4. The topological polar surface area (TPSA) is 99.3 Å². The predicted octanol–water partition coefficient (Wildman–Crippen LogP) is 5.27. The predicted molar refractivity (Wildman–Crippen MR) is 163 cm³/mol. The first-order chi connectivity index (χ1) is 21.1. The van der Waals surface area contributed by atoms with Gasteiger partial charge in [-0.25, -0.2) is 4.98 Å². The maximum Gasteiger partial charge on any atom is 0.305 e. The zero-order chi connectivity index (χ0) is 30.0. The maximum absolute atomic E-state index is 12.6. The van der Waals surface area contributed by atoms with Crippen molar-refractivity contribution >= 4 is 22.9 Å². The molecule has 2 aromatic carbocycles. The Kier molecular flexibility index (Phi) is 10.3. The summed E-state index contributed by atoms with van der Waals surface area (Å²) < 4.78 is 23.7. The summed E-state index contributed by atoms with van der Waals surface area (Å²) in [6.07, 6.45) is 5.48. The van der Waals surface area contributed by atoms with Crippen LogP contribution in [-0.4, -0.2) is 84.8 Å². The number of aryl methyl sites for hydroxylation is 1. The summed E-state index contributed by atoms with van der Waals surface area (Å²) in [5.41, 5.74) is 2.97. The number of benzene rings is 2. The first kappa shape index (κ1) is 30.2. The zero-order valence-electron chi connectivity index (χ0n) is 25.0. The lowest BCUT2D eigenvalue weighted by Gasteiger charge is -2.34. The zero-order valence-corrected chi connectivity index (χ0v) is 25.0. The van der Waals surface area contributed by atoms with Crippen LogP contribution in [0.2, 0.25) is 0 Å². The monoisotopic (exact) mass is 588 g/mol. The molecule has 10 nitrogen and oxygen atoms in total. The van der Waals surface area contributed by atoms with Crippen molar-refractivity contribution < 1.29 is 28.2 Å². The molecule has 2 aromatic heterocycles. The molecule has 3 heterocycles. The molecule has 5 rings (SSSR count). The molecule has 0 N–H and O–H groups in total. The van der Waals surface area contributed by atoms with Crippen molar-refractivity contribution in [1.29, 1.82) is 0 Å². The van der Waals surface area contributed by atoms with Crippen molar-refractivity contribution in [3.05, 3.63) is 66.6 Å². The number of fused-ring (bicyclic) bond motifs is 1. The summed E-state index contributed by atoms with van der Waals surface area (Å²) in [6.45, 7) is 5.34. The number of carbonyl (C=O) groups is 2. The van der Waals surface area contributed by atoms with E-state index in [-0.39, 0.29) is 11.9 Å². The van der Waals surface area contributed by atoms with Crippen molar-refractivity contribution in [3.63, 3.8) is 0 Å². The highest BCUT2D eigenvalue weighted by atomic mass is 16.5. The second-order valence-corrected chi connectivity index (χ2v) is 10.7. The van der Waals surface area contributed by atoms with Crippen LogP contribution in [0.15, 0.2) is 65.3 Å². The van der Waals surface area contributed by atoms with Crippen LogP contribution in [0.4, 0.5) is 0 Å². The Morgan fingerprint density at radius 1 is 0.884 bits per heavy atom. The molecular weight excluding hydrogens is 548 g/mol. The molecular formula is C33H40N4O6. The van der Waals surface area contributed by atoms with E-state index in [0.717, 1.165) is 85.8 Å². The van der Waals surface area contributed by atoms with Gasteiger partial charge in [-0.05, 0) is 80.8 Å². The smallest absolute Gasteiger partial charge is 0.305 e. The highest BCUT2D eigenvalue weighted by molar-refractivity contribution is 5.91. The number of aromatic nitrogens is 2. The Hall–Kier alpha value is -4.31. The lowest BCUT2D eigenvalue weighted by Crippen LogP contribution is -2.48. The van der Waals surface area contributed by atoms with E-state index in [9.17, 15) is 9.59 Å². The number of rotatable bonds is 14. The SMILES string of the molecule is COC(=O)CCCCCOc1ccc2nc(-c3ccc(OC)cc3)n(CCCN3CCN(C(=O)c4ccco4)CC3)c2c1. The Balaban J connectivity index is 1.23. The second kappa shape index (κ2) is 14.7. The highest BCUT2D eigenvalue weighted by Gasteiger charge is 2.23. The second-order valence-electron chi connectivity index (χ2n) is 10.7. The quantitative estimate of drug-likeness (QED) is 0.145. The van der Waals surface area contributed by atoms with E-state index in [1.807, 2.05) is 41.3 Å². The van der Waals surface area contributed by atoms with Gasteiger partial charge in [0.2, 0.25) is 0 Å². The van der Waals surface area contributed by atoms with Gasteiger partial charge in [0.05, 0.1) is 38.1 Å². The number of carbonyl (C=O) groups excluding carboxylic acids is 2. The molecule has 10 heteroatoms. The Labute approximate surface area is 252 Å². The summed E-state index contributed by atoms with van der Waals surface area (Å²) in [7, 11) is 3.08. The fourth-order valence-electron chi connectivity index (χ4n) is 5.40. The van der Waals surface area contributed by atoms with Crippen molar-refractivity contribution in [2.75, 3.05) is 53.6 Å². The summed E-state index contributed by atoms with van der Waals surface area (Å²) >= 11 is 0. The third-order valence-corrected chi connectivity index (χ3v) is 7.84. The van der Waals surface area contributed by atoms with Gasteiger partial charge < -0.3 is 28.1 Å². The maximum atomic E-state index is 12.6. The molecule has 0 aliphatic carbocycles. The molecule has 0 unspecified atom stereocenters. The molecule has 0 saturated carbocycles. The van der Waals surface area contributed by atoms with Gasteiger partial charge in [-0.1, -0.05) is 0 Å². The van der Waals surface area contributed by atoms with Crippen LogP contribution in [-0.2, 0) is 16.1 Å². The van der Waals surface area contributed by atoms with Crippen molar-refractivity contribution in [2.45, 2.75) is 38.6 Å². The molecule has 228 valence electrons. The molecule has 1 aliphatic heterocycles. The van der Waals surface area contributed by atoms with Crippen LogP contribution in [0.1, 0.15) is 42.7 Å². The molecule has 0 atom stereocenters. The average molecular weight is 589 g/mol. The van der Waals surface area contributed by atoms with Gasteiger partial charge in [-0.15, -0.1) is 0 Å². The molecule has 0 radical (unpaired) electrons. The largest absolute Gasteiger partial charge is 0.497 e. The van der Waals surface area contributed by atoms with Crippen LogP contribution < -0.4 is 9.47 Å². The number of esters is 1. The fraction of sp³-hybridized carbons (Fsp3) is 0.424. The Bertz CT molecular complexity index is 1470. The van der Waals surface area contributed by atoms with Crippen LogP contribution in [0.5, 0.6) is 11.5 Å². The summed E-state index contributed by atoms with van der Waals surface area (Å²) in [6, 6.07) is 17.5. The minimum Gasteiger partial charge on any atom is -0.497 e. The first-order valence-corrected chi connectivity index (χ1v) is 14.9. The number of imidazole rings is 1. The standard InChI is InChI=1S/C33H40N4O6/c1-40-26-12-10-25(11-13-26)32-34-28-15-14-27(42-22-5-3-4-9-31(38)41-2)24-29(28)37(32)17-7-16-35-18-20-36(21-19-35)33(39)30-8-6-23-43-30/h6,8,10-15,23-24H,3-5,7,9,16-22H2,1-2H3. The van der Waals surface area contributed by atoms with Gasteiger partial charge >= 0.3 is 5.97 Å². The van der Waals surface area contributed by atoms with Gasteiger partial charge in [-0.3, -0.25) is 14.5 Å². The molecule has 0 bridgehead atoms. The summed E-state index contributed by atoms with van der Waals surface area (Å²) in [4.78, 5) is 33.2. The molecule has 1 fully saturated rings.